The molecule has 0 unspecified atom stereocenters. The van der Waals surface area contributed by atoms with Crippen molar-refractivity contribution in [2.75, 3.05) is 0 Å². The second kappa shape index (κ2) is 7.99. The summed E-state index contributed by atoms with van der Waals surface area (Å²) in [5.74, 6) is 0. The fraction of sp³-hybridized carbons (Fsp3) is 0.217. The number of hydrogen-bond acceptors (Lipinski definition) is 1. The molecule has 0 aliphatic carbocycles. The maximum absolute atomic E-state index is 4.41. The Labute approximate surface area is 163 Å². The molecule has 131 valence electrons. The average Bonchev–Trinajstić information content (AvgIpc) is 2.80. The van der Waals surface area contributed by atoms with E-state index in [2.05, 4.69) is 82.1 Å². The van der Waals surface area contributed by atoms with Crippen LogP contribution in [0.3, 0.4) is 0 Å². The first kappa shape index (κ1) is 19.4. The predicted octanol–water partition coefficient (Wildman–Crippen LogP) is 6.33. The van der Waals surface area contributed by atoms with Crippen molar-refractivity contribution in [3.8, 4) is 0 Å². The molecule has 2 heteroatoms. The second-order valence-electron chi connectivity index (χ2n) is 6.49. The van der Waals surface area contributed by atoms with Gasteiger partial charge in [-0.05, 0) is 11.5 Å². The molecule has 0 aliphatic rings. The summed E-state index contributed by atoms with van der Waals surface area (Å²) in [5.41, 5.74) is 8.43. The summed E-state index contributed by atoms with van der Waals surface area (Å²) in [6.07, 6.45) is 1.84. The maximum atomic E-state index is 4.41. The van der Waals surface area contributed by atoms with E-state index < -0.39 is 0 Å². The quantitative estimate of drug-likeness (QED) is 0.201. The third-order valence-electron chi connectivity index (χ3n) is 5.31. The number of fused-ring (bicyclic) bond motifs is 3. The molecule has 4 rings (SSSR count). The molecular weight excluding hydrogens is 482 g/mol. The van der Waals surface area contributed by atoms with Gasteiger partial charge < -0.3 is 0 Å². The summed E-state index contributed by atoms with van der Waals surface area (Å²) in [6, 6.07) is 16.7. The van der Waals surface area contributed by atoms with Crippen molar-refractivity contribution in [2.24, 2.45) is 0 Å². The van der Waals surface area contributed by atoms with Gasteiger partial charge in [0.2, 0.25) is 0 Å². The van der Waals surface area contributed by atoms with E-state index >= 15 is 0 Å². The Morgan fingerprint density at radius 1 is 0.720 bits per heavy atom. The van der Waals surface area contributed by atoms with Crippen molar-refractivity contribution in [3.05, 3.63) is 82.5 Å². The molecule has 0 aliphatic heterocycles. The zero-order valence-corrected chi connectivity index (χ0v) is 17.9. The Morgan fingerprint density at radius 2 is 1.28 bits per heavy atom. The first-order valence-electron chi connectivity index (χ1n) is 8.43. The predicted molar refractivity (Wildman–Crippen MR) is 105 cm³/mol. The van der Waals surface area contributed by atoms with Crippen LogP contribution >= 0.6 is 0 Å². The van der Waals surface area contributed by atoms with Crippen LogP contribution in [-0.2, 0) is 20.1 Å². The molecule has 0 amide bonds. The van der Waals surface area contributed by atoms with E-state index in [0.717, 1.165) is 5.52 Å². The normalized spacial score (nSPS) is 10.3. The number of nitrogens with zero attached hydrogens (tertiary/aromatic N) is 1. The number of aromatic nitrogens is 1. The fourth-order valence-electron chi connectivity index (χ4n) is 3.22. The second-order valence-corrected chi connectivity index (χ2v) is 6.49. The van der Waals surface area contributed by atoms with Crippen LogP contribution in [0.25, 0.3) is 21.7 Å². The van der Waals surface area contributed by atoms with Gasteiger partial charge in [0.05, 0.1) is 5.52 Å². The van der Waals surface area contributed by atoms with Crippen LogP contribution in [-0.4, -0.2) is 4.98 Å². The van der Waals surface area contributed by atoms with Gasteiger partial charge >= 0.3 is 0 Å². The molecule has 0 saturated carbocycles. The molecule has 3 aromatic carbocycles. The van der Waals surface area contributed by atoms with Gasteiger partial charge in [-0.2, -0.15) is 27.8 Å². The molecule has 0 bridgehead atoms. The summed E-state index contributed by atoms with van der Waals surface area (Å²) in [7, 11) is 0. The Balaban J connectivity index is 0.000000184. The van der Waals surface area contributed by atoms with E-state index in [9.17, 15) is 0 Å². The number of pyridine rings is 1. The largest absolute Gasteiger partial charge is 0.256 e. The van der Waals surface area contributed by atoms with E-state index in [4.69, 9.17) is 0 Å². The van der Waals surface area contributed by atoms with E-state index in [0.29, 0.717) is 0 Å². The average molecular weight is 507 g/mol. The van der Waals surface area contributed by atoms with Crippen LogP contribution in [0.2, 0.25) is 0 Å². The van der Waals surface area contributed by atoms with Gasteiger partial charge in [0.15, 0.2) is 0 Å². The Morgan fingerprint density at radius 3 is 1.88 bits per heavy atom. The summed E-state index contributed by atoms with van der Waals surface area (Å²) in [4.78, 5) is 4.41. The maximum Gasteiger partial charge on any atom is 0.0780 e. The van der Waals surface area contributed by atoms with Gasteiger partial charge in [-0.15, -0.1) is 0 Å². The summed E-state index contributed by atoms with van der Waals surface area (Å²) in [5, 5.41) is 3.68. The molecule has 1 heterocycles. The summed E-state index contributed by atoms with van der Waals surface area (Å²) >= 11 is 0. The topological polar surface area (TPSA) is 12.9 Å². The zero-order valence-electron chi connectivity index (χ0n) is 15.5. The minimum absolute atomic E-state index is 0. The van der Waals surface area contributed by atoms with Crippen molar-refractivity contribution in [3.63, 3.8) is 0 Å². The van der Waals surface area contributed by atoms with Crippen LogP contribution in [0.5, 0.6) is 0 Å². The Hall–Kier alpha value is -1.89. The first-order chi connectivity index (χ1) is 11.5. The Bertz CT molecular complexity index is 876. The molecule has 0 atom stereocenters. The molecule has 1 nitrogen and oxygen atoms in total. The van der Waals surface area contributed by atoms with Crippen molar-refractivity contribution >= 4 is 21.7 Å². The monoisotopic (exact) mass is 507 g/mol. The molecule has 1 radical (unpaired) electrons. The fourth-order valence-corrected chi connectivity index (χ4v) is 3.22. The minimum atomic E-state index is 0. The van der Waals surface area contributed by atoms with Gasteiger partial charge in [-0.25, -0.2) is 0 Å². The van der Waals surface area contributed by atoms with Crippen LogP contribution in [0.4, 0.5) is 0 Å². The zero-order chi connectivity index (χ0) is 17.3. The van der Waals surface area contributed by atoms with E-state index in [1.54, 1.807) is 0 Å². The minimum Gasteiger partial charge on any atom is -0.256 e. The Kier molecular flexibility index (Phi) is 6.21. The van der Waals surface area contributed by atoms with E-state index in [1.165, 1.54) is 44.0 Å². The van der Waals surface area contributed by atoms with Gasteiger partial charge in [0.25, 0.3) is 0 Å². The van der Waals surface area contributed by atoms with Gasteiger partial charge in [0, 0.05) is 37.1 Å². The molecule has 4 aromatic rings. The van der Waals surface area contributed by atoms with E-state index in [1.807, 2.05) is 12.3 Å². The standard InChI is InChI=1S/C13H9N.C10H15.Ir/c1-2-6-12-10(4-1)7-8-11-5-3-9-14-13(11)12;1-6-7(2)9(4)10(5)8(6)3;/h1-9H;1-5H3;/q;-1;. The van der Waals surface area contributed by atoms with Crippen molar-refractivity contribution in [2.45, 2.75) is 34.6 Å². The molecule has 0 fully saturated rings. The third kappa shape index (κ3) is 3.71. The van der Waals surface area contributed by atoms with Crippen LogP contribution in [0, 0.1) is 34.6 Å². The SMILES string of the molecule is Cc1c(C)c(C)[c-](C)c1C.[Ir].c1ccc2c(c1)ccc1cccnc12. The summed E-state index contributed by atoms with van der Waals surface area (Å²) < 4.78 is 0. The molecule has 1 aromatic heterocycles. The van der Waals surface area contributed by atoms with Crippen molar-refractivity contribution in [1.82, 2.24) is 4.98 Å². The molecule has 25 heavy (non-hydrogen) atoms. The first-order valence-corrected chi connectivity index (χ1v) is 8.43. The van der Waals surface area contributed by atoms with Crippen molar-refractivity contribution < 1.29 is 20.1 Å². The van der Waals surface area contributed by atoms with Gasteiger partial charge in [-0.1, -0.05) is 77.1 Å². The van der Waals surface area contributed by atoms with Crippen LogP contribution < -0.4 is 0 Å². The number of rotatable bonds is 0. The van der Waals surface area contributed by atoms with Crippen LogP contribution in [0.15, 0.2) is 54.7 Å². The smallest absolute Gasteiger partial charge is 0.0780 e. The number of hydrogen-bond donors (Lipinski definition) is 0. The number of benzene rings is 2. The van der Waals surface area contributed by atoms with Crippen LogP contribution in [0.1, 0.15) is 27.8 Å². The molecule has 0 N–H and O–H groups in total. The molecule has 0 saturated heterocycles. The van der Waals surface area contributed by atoms with Crippen molar-refractivity contribution in [1.29, 1.82) is 0 Å². The molecular formula is C23H24IrN-. The third-order valence-corrected chi connectivity index (χ3v) is 5.31. The summed E-state index contributed by atoms with van der Waals surface area (Å²) in [6.45, 7) is 11.0. The van der Waals surface area contributed by atoms with Gasteiger partial charge in [0.1, 0.15) is 0 Å². The molecule has 0 spiro atoms. The van der Waals surface area contributed by atoms with E-state index in [-0.39, 0.29) is 20.1 Å². The van der Waals surface area contributed by atoms with Gasteiger partial charge in [-0.3, -0.25) is 4.98 Å².